The molecule has 0 saturated heterocycles. The number of hydrazone groups is 1. The van der Waals surface area contributed by atoms with Crippen LogP contribution in [0.3, 0.4) is 0 Å². The van der Waals surface area contributed by atoms with E-state index < -0.39 is 16.0 Å². The Balaban J connectivity index is 1.73. The molecular weight excluding hydrogens is 463 g/mol. The van der Waals surface area contributed by atoms with E-state index in [1.54, 1.807) is 24.3 Å². The maximum Gasteiger partial charge on any atom is 0.343 e. The van der Waals surface area contributed by atoms with Crippen LogP contribution in [0.25, 0.3) is 0 Å². The minimum absolute atomic E-state index is 0.0919. The van der Waals surface area contributed by atoms with Crippen molar-refractivity contribution < 1.29 is 22.7 Å². The van der Waals surface area contributed by atoms with Gasteiger partial charge in [-0.3, -0.25) is 0 Å². The molecule has 3 aromatic carbocycles. The van der Waals surface area contributed by atoms with E-state index in [-0.39, 0.29) is 27.0 Å². The Bertz CT molecular complexity index is 1230. The molecule has 0 aliphatic rings. The molecule has 0 aliphatic heterocycles. The summed E-state index contributed by atoms with van der Waals surface area (Å²) < 4.78 is 35.0. The quantitative estimate of drug-likeness (QED) is 0.233. The van der Waals surface area contributed by atoms with Crippen molar-refractivity contribution in [1.82, 2.24) is 4.83 Å². The van der Waals surface area contributed by atoms with Crippen LogP contribution in [0.1, 0.15) is 15.9 Å². The van der Waals surface area contributed by atoms with Crippen molar-refractivity contribution in [3.05, 3.63) is 87.9 Å². The molecule has 0 spiro atoms. The van der Waals surface area contributed by atoms with Gasteiger partial charge in [0.15, 0.2) is 11.5 Å². The van der Waals surface area contributed by atoms with Crippen molar-refractivity contribution in [2.24, 2.45) is 5.10 Å². The third-order valence-corrected chi connectivity index (χ3v) is 5.96. The van der Waals surface area contributed by atoms with Crippen LogP contribution in [0, 0.1) is 0 Å². The minimum atomic E-state index is -3.78. The van der Waals surface area contributed by atoms with Gasteiger partial charge in [-0.15, -0.1) is 0 Å². The van der Waals surface area contributed by atoms with Crippen molar-refractivity contribution in [1.29, 1.82) is 0 Å². The maximum atomic E-state index is 12.4. The lowest BCUT2D eigenvalue weighted by molar-refractivity contribution is 0.0729. The van der Waals surface area contributed by atoms with Crippen LogP contribution in [-0.4, -0.2) is 27.7 Å². The lowest BCUT2D eigenvalue weighted by Crippen LogP contribution is -2.18. The van der Waals surface area contributed by atoms with Gasteiger partial charge in [-0.05, 0) is 54.1 Å². The molecule has 0 aliphatic carbocycles. The van der Waals surface area contributed by atoms with E-state index in [4.69, 9.17) is 32.7 Å². The molecule has 7 nitrogen and oxygen atoms in total. The van der Waals surface area contributed by atoms with Crippen molar-refractivity contribution in [2.75, 3.05) is 7.11 Å². The molecule has 0 bridgehead atoms. The molecule has 0 radical (unpaired) electrons. The molecule has 31 heavy (non-hydrogen) atoms. The highest BCUT2D eigenvalue weighted by atomic mass is 35.5. The molecule has 3 rings (SSSR count). The number of halogens is 2. The largest absolute Gasteiger partial charge is 0.493 e. The van der Waals surface area contributed by atoms with Gasteiger partial charge in [-0.25, -0.2) is 9.63 Å². The molecule has 0 atom stereocenters. The maximum absolute atomic E-state index is 12.4. The van der Waals surface area contributed by atoms with Gasteiger partial charge in [-0.1, -0.05) is 41.4 Å². The van der Waals surface area contributed by atoms with E-state index in [2.05, 4.69) is 9.93 Å². The molecule has 160 valence electrons. The second kappa shape index (κ2) is 9.82. The Morgan fingerprint density at radius 2 is 1.71 bits per heavy atom. The number of hydrogen-bond donors (Lipinski definition) is 1. The standard InChI is InChI=1S/C21H16Cl2N2O5S/c1-29-20-11-14(13-24-25-31(27,28)16-5-3-2-4-6-16)7-10-19(20)30-21(26)15-8-9-17(22)18(23)12-15/h2-13,25H,1H3/b24-13+. The zero-order valence-electron chi connectivity index (χ0n) is 16.1. The first-order valence-electron chi connectivity index (χ1n) is 8.75. The number of rotatable bonds is 7. The smallest absolute Gasteiger partial charge is 0.343 e. The number of carbonyl (C=O) groups is 1. The fraction of sp³-hybridized carbons (Fsp3) is 0.0476. The monoisotopic (exact) mass is 478 g/mol. The van der Waals surface area contributed by atoms with Gasteiger partial charge in [-0.2, -0.15) is 13.5 Å². The highest BCUT2D eigenvalue weighted by Gasteiger charge is 2.15. The SMILES string of the molecule is COc1cc(/C=N/NS(=O)(=O)c2ccccc2)ccc1OC(=O)c1ccc(Cl)c(Cl)c1. The lowest BCUT2D eigenvalue weighted by Gasteiger charge is -2.10. The van der Waals surface area contributed by atoms with Gasteiger partial charge in [0.05, 0.1) is 33.8 Å². The highest BCUT2D eigenvalue weighted by Crippen LogP contribution is 2.29. The van der Waals surface area contributed by atoms with Crippen LogP contribution in [-0.2, 0) is 10.0 Å². The van der Waals surface area contributed by atoms with Gasteiger partial charge in [0.2, 0.25) is 0 Å². The summed E-state index contributed by atoms with van der Waals surface area (Å²) in [4.78, 5) is 14.6. The van der Waals surface area contributed by atoms with E-state index in [1.807, 2.05) is 0 Å². The predicted molar refractivity (Wildman–Crippen MR) is 119 cm³/mol. The normalized spacial score (nSPS) is 11.3. The minimum Gasteiger partial charge on any atom is -0.493 e. The Labute approximate surface area is 189 Å². The molecule has 10 heteroatoms. The number of carbonyl (C=O) groups excluding carboxylic acids is 1. The van der Waals surface area contributed by atoms with Gasteiger partial charge in [0, 0.05) is 0 Å². The molecule has 3 aromatic rings. The predicted octanol–water partition coefficient (Wildman–Crippen LogP) is 4.53. The summed E-state index contributed by atoms with van der Waals surface area (Å²) >= 11 is 11.8. The average molecular weight is 479 g/mol. The number of nitrogens with zero attached hydrogens (tertiary/aromatic N) is 1. The molecular formula is C21H16Cl2N2O5S. The molecule has 1 N–H and O–H groups in total. The number of sulfonamides is 1. The molecule has 0 amide bonds. The summed E-state index contributed by atoms with van der Waals surface area (Å²) in [5.74, 6) is -0.224. The number of nitrogens with one attached hydrogen (secondary N) is 1. The van der Waals surface area contributed by atoms with Gasteiger partial charge < -0.3 is 9.47 Å². The first kappa shape index (κ1) is 22.6. The fourth-order valence-corrected chi connectivity index (χ4v) is 3.56. The van der Waals surface area contributed by atoms with Crippen LogP contribution in [0.5, 0.6) is 11.5 Å². The van der Waals surface area contributed by atoms with Crippen molar-refractivity contribution >= 4 is 45.4 Å². The number of benzene rings is 3. The second-order valence-corrected chi connectivity index (χ2v) is 8.57. The summed E-state index contributed by atoms with van der Waals surface area (Å²) in [5.41, 5.74) is 0.736. The zero-order valence-corrected chi connectivity index (χ0v) is 18.4. The van der Waals surface area contributed by atoms with E-state index in [0.29, 0.717) is 10.6 Å². The molecule has 0 unspecified atom stereocenters. The van der Waals surface area contributed by atoms with Crippen LogP contribution in [0.4, 0.5) is 0 Å². The number of ether oxygens (including phenoxy) is 2. The van der Waals surface area contributed by atoms with Crippen LogP contribution in [0.15, 0.2) is 76.7 Å². The van der Waals surface area contributed by atoms with Crippen molar-refractivity contribution in [2.45, 2.75) is 4.90 Å². The number of esters is 1. The Hall–Kier alpha value is -3.07. The second-order valence-electron chi connectivity index (χ2n) is 6.09. The Kier molecular flexibility index (Phi) is 7.17. The van der Waals surface area contributed by atoms with Gasteiger partial charge >= 0.3 is 5.97 Å². The molecule has 0 fully saturated rings. The third kappa shape index (κ3) is 5.75. The highest BCUT2D eigenvalue weighted by molar-refractivity contribution is 7.89. The van der Waals surface area contributed by atoms with E-state index in [0.717, 1.165) is 0 Å². The van der Waals surface area contributed by atoms with E-state index in [9.17, 15) is 13.2 Å². The van der Waals surface area contributed by atoms with Crippen LogP contribution < -0.4 is 14.3 Å². The number of methoxy groups -OCH3 is 1. The average Bonchev–Trinajstić information content (AvgIpc) is 2.77. The van der Waals surface area contributed by atoms with Crippen molar-refractivity contribution in [3.63, 3.8) is 0 Å². The van der Waals surface area contributed by atoms with Crippen molar-refractivity contribution in [3.8, 4) is 11.5 Å². The topological polar surface area (TPSA) is 94.1 Å². The molecule has 0 aromatic heterocycles. The zero-order chi connectivity index (χ0) is 22.4. The first-order valence-corrected chi connectivity index (χ1v) is 11.0. The summed E-state index contributed by atoms with van der Waals surface area (Å²) in [7, 11) is -2.37. The van der Waals surface area contributed by atoms with E-state index >= 15 is 0 Å². The fourth-order valence-electron chi connectivity index (χ4n) is 2.45. The summed E-state index contributed by atoms with van der Waals surface area (Å²) in [5, 5.41) is 4.32. The molecule has 0 saturated carbocycles. The van der Waals surface area contributed by atoms with Crippen LogP contribution in [0.2, 0.25) is 10.0 Å². The summed E-state index contributed by atoms with van der Waals surface area (Å²) in [6.07, 6.45) is 1.30. The summed E-state index contributed by atoms with van der Waals surface area (Å²) in [6, 6.07) is 16.9. The van der Waals surface area contributed by atoms with E-state index in [1.165, 1.54) is 55.8 Å². The van der Waals surface area contributed by atoms with Gasteiger partial charge in [0.1, 0.15) is 0 Å². The molecule has 0 heterocycles. The Morgan fingerprint density at radius 3 is 2.39 bits per heavy atom. The number of hydrogen-bond acceptors (Lipinski definition) is 6. The van der Waals surface area contributed by atoms with Gasteiger partial charge in [0.25, 0.3) is 10.0 Å². The first-order chi connectivity index (χ1) is 14.8. The lowest BCUT2D eigenvalue weighted by atomic mass is 10.2. The Morgan fingerprint density at radius 1 is 0.968 bits per heavy atom. The third-order valence-electron chi connectivity index (χ3n) is 3.99. The summed E-state index contributed by atoms with van der Waals surface area (Å²) in [6.45, 7) is 0. The van der Waals surface area contributed by atoms with Crippen LogP contribution >= 0.6 is 23.2 Å².